The number of aromatic nitrogens is 1. The first kappa shape index (κ1) is 12.2. The van der Waals surface area contributed by atoms with Crippen molar-refractivity contribution in [2.45, 2.75) is 25.4 Å². The highest BCUT2D eigenvalue weighted by atomic mass is 16.3. The standard InChI is InChI=1S/C13H18N2O2/c1-2-15-7-5-13(17,6-8-15)12-4-3-11(10-16)9-14-12/h3-4,9-10,17H,2,5-8H2,1H3. The number of carbonyl (C=O) groups is 1. The number of aldehydes is 1. The van der Waals surface area contributed by atoms with Gasteiger partial charge in [0.05, 0.1) is 5.69 Å². The van der Waals surface area contributed by atoms with Crippen molar-refractivity contribution in [3.8, 4) is 0 Å². The van der Waals surface area contributed by atoms with Crippen molar-refractivity contribution in [1.82, 2.24) is 9.88 Å². The molecular weight excluding hydrogens is 216 g/mol. The van der Waals surface area contributed by atoms with E-state index in [1.807, 2.05) is 0 Å². The second-order valence-electron chi connectivity index (χ2n) is 4.56. The molecule has 0 amide bonds. The van der Waals surface area contributed by atoms with E-state index in [9.17, 15) is 9.90 Å². The highest BCUT2D eigenvalue weighted by Gasteiger charge is 2.34. The van der Waals surface area contributed by atoms with Crippen molar-refractivity contribution >= 4 is 6.29 Å². The molecule has 1 N–H and O–H groups in total. The average molecular weight is 234 g/mol. The lowest BCUT2D eigenvalue weighted by molar-refractivity contribution is -0.0281. The van der Waals surface area contributed by atoms with Gasteiger partial charge < -0.3 is 10.0 Å². The van der Waals surface area contributed by atoms with E-state index in [1.165, 1.54) is 6.20 Å². The maximum Gasteiger partial charge on any atom is 0.151 e. The summed E-state index contributed by atoms with van der Waals surface area (Å²) in [4.78, 5) is 17.1. The molecule has 4 heteroatoms. The van der Waals surface area contributed by atoms with E-state index in [4.69, 9.17) is 0 Å². The van der Waals surface area contributed by atoms with Crippen molar-refractivity contribution < 1.29 is 9.90 Å². The van der Waals surface area contributed by atoms with E-state index in [1.54, 1.807) is 12.1 Å². The minimum absolute atomic E-state index is 0.545. The molecule has 2 rings (SSSR count). The van der Waals surface area contributed by atoms with E-state index in [2.05, 4.69) is 16.8 Å². The zero-order chi connectivity index (χ0) is 12.3. The summed E-state index contributed by atoms with van der Waals surface area (Å²) in [7, 11) is 0. The third kappa shape index (κ3) is 2.53. The number of piperidine rings is 1. The third-order valence-corrected chi connectivity index (χ3v) is 3.53. The molecule has 4 nitrogen and oxygen atoms in total. The minimum Gasteiger partial charge on any atom is -0.383 e. The van der Waals surface area contributed by atoms with Gasteiger partial charge in [-0.3, -0.25) is 9.78 Å². The van der Waals surface area contributed by atoms with Crippen LogP contribution in [-0.2, 0) is 5.60 Å². The van der Waals surface area contributed by atoms with Crippen LogP contribution >= 0.6 is 0 Å². The molecule has 0 unspecified atom stereocenters. The number of pyridine rings is 1. The van der Waals surface area contributed by atoms with E-state index in [-0.39, 0.29) is 0 Å². The van der Waals surface area contributed by atoms with Crippen molar-refractivity contribution in [3.63, 3.8) is 0 Å². The fraction of sp³-hybridized carbons (Fsp3) is 0.538. The van der Waals surface area contributed by atoms with Crippen molar-refractivity contribution in [2.75, 3.05) is 19.6 Å². The van der Waals surface area contributed by atoms with Crippen LogP contribution in [0.3, 0.4) is 0 Å². The SMILES string of the molecule is CCN1CCC(O)(c2ccc(C=O)cn2)CC1. The Balaban J connectivity index is 2.12. The zero-order valence-electron chi connectivity index (χ0n) is 10.1. The van der Waals surface area contributed by atoms with Crippen molar-refractivity contribution in [2.24, 2.45) is 0 Å². The molecule has 0 aromatic carbocycles. The highest BCUT2D eigenvalue weighted by Crippen LogP contribution is 2.31. The first-order chi connectivity index (χ1) is 8.18. The average Bonchev–Trinajstić information content (AvgIpc) is 2.40. The summed E-state index contributed by atoms with van der Waals surface area (Å²) in [5.41, 5.74) is 0.398. The molecular formula is C13H18N2O2. The maximum absolute atomic E-state index is 10.5. The largest absolute Gasteiger partial charge is 0.383 e. The predicted molar refractivity (Wildman–Crippen MR) is 64.9 cm³/mol. The molecule has 1 aliphatic heterocycles. The topological polar surface area (TPSA) is 53.4 Å². The van der Waals surface area contributed by atoms with Gasteiger partial charge in [0.2, 0.25) is 0 Å². The Morgan fingerprint density at radius 2 is 2.18 bits per heavy atom. The second-order valence-corrected chi connectivity index (χ2v) is 4.56. The predicted octanol–water partition coefficient (Wildman–Crippen LogP) is 1.20. The van der Waals surface area contributed by atoms with E-state index in [0.29, 0.717) is 24.1 Å². The number of carbonyl (C=O) groups excluding carboxylic acids is 1. The molecule has 92 valence electrons. The Morgan fingerprint density at radius 3 is 2.65 bits per heavy atom. The van der Waals surface area contributed by atoms with Crippen LogP contribution in [0.1, 0.15) is 35.8 Å². The monoisotopic (exact) mass is 234 g/mol. The Hall–Kier alpha value is -1.26. The van der Waals surface area contributed by atoms with Gasteiger partial charge in [0.1, 0.15) is 5.60 Å². The van der Waals surface area contributed by atoms with Crippen LogP contribution in [-0.4, -0.2) is 40.9 Å². The van der Waals surface area contributed by atoms with Crippen LogP contribution in [0.5, 0.6) is 0 Å². The first-order valence-electron chi connectivity index (χ1n) is 6.04. The molecule has 1 aliphatic rings. The second kappa shape index (κ2) is 4.94. The summed E-state index contributed by atoms with van der Waals surface area (Å²) >= 11 is 0. The lowest BCUT2D eigenvalue weighted by Gasteiger charge is -2.37. The van der Waals surface area contributed by atoms with Gasteiger partial charge in [0.25, 0.3) is 0 Å². The maximum atomic E-state index is 10.5. The summed E-state index contributed by atoms with van der Waals surface area (Å²) in [6, 6.07) is 3.46. The Kier molecular flexibility index (Phi) is 3.54. The number of aliphatic hydroxyl groups is 1. The molecule has 0 bridgehead atoms. The van der Waals surface area contributed by atoms with Crippen LogP contribution in [0, 0.1) is 0 Å². The van der Waals surface area contributed by atoms with Gasteiger partial charge in [0, 0.05) is 24.8 Å². The van der Waals surface area contributed by atoms with Crippen LogP contribution in [0.4, 0.5) is 0 Å². The van der Waals surface area contributed by atoms with E-state index < -0.39 is 5.60 Å². The Bertz CT molecular complexity index is 381. The molecule has 0 atom stereocenters. The lowest BCUT2D eigenvalue weighted by Crippen LogP contribution is -2.42. The fourth-order valence-corrected chi connectivity index (χ4v) is 2.25. The summed E-state index contributed by atoms with van der Waals surface area (Å²) in [5.74, 6) is 0. The lowest BCUT2D eigenvalue weighted by atomic mass is 9.87. The summed E-state index contributed by atoms with van der Waals surface area (Å²) in [5, 5.41) is 10.5. The molecule has 0 radical (unpaired) electrons. The quantitative estimate of drug-likeness (QED) is 0.798. The normalized spacial score (nSPS) is 20.1. The molecule has 1 saturated heterocycles. The number of hydrogen-bond donors (Lipinski definition) is 1. The first-order valence-corrected chi connectivity index (χ1v) is 6.04. The number of likely N-dealkylation sites (tertiary alicyclic amines) is 1. The molecule has 1 aromatic heterocycles. The molecule has 0 saturated carbocycles. The van der Waals surface area contributed by atoms with Gasteiger partial charge in [-0.25, -0.2) is 0 Å². The van der Waals surface area contributed by atoms with Gasteiger partial charge in [-0.2, -0.15) is 0 Å². The Labute approximate surface area is 101 Å². The van der Waals surface area contributed by atoms with E-state index in [0.717, 1.165) is 25.9 Å². The van der Waals surface area contributed by atoms with Crippen LogP contribution in [0.2, 0.25) is 0 Å². The molecule has 0 spiro atoms. The molecule has 1 aromatic rings. The van der Waals surface area contributed by atoms with Crippen LogP contribution in [0.15, 0.2) is 18.3 Å². The van der Waals surface area contributed by atoms with Crippen LogP contribution in [0.25, 0.3) is 0 Å². The molecule has 1 fully saturated rings. The highest BCUT2D eigenvalue weighted by molar-refractivity contribution is 5.73. The Morgan fingerprint density at radius 1 is 1.47 bits per heavy atom. The third-order valence-electron chi connectivity index (χ3n) is 3.53. The molecule has 0 aliphatic carbocycles. The number of hydrogen-bond acceptors (Lipinski definition) is 4. The molecule has 17 heavy (non-hydrogen) atoms. The fourth-order valence-electron chi connectivity index (χ4n) is 2.25. The summed E-state index contributed by atoms with van der Waals surface area (Å²) in [6.07, 6.45) is 3.69. The zero-order valence-corrected chi connectivity index (χ0v) is 10.1. The molecule has 2 heterocycles. The summed E-state index contributed by atoms with van der Waals surface area (Å²) < 4.78 is 0. The van der Waals surface area contributed by atoms with E-state index >= 15 is 0 Å². The van der Waals surface area contributed by atoms with Crippen LogP contribution < -0.4 is 0 Å². The van der Waals surface area contributed by atoms with Crippen molar-refractivity contribution in [3.05, 3.63) is 29.6 Å². The number of rotatable bonds is 3. The van der Waals surface area contributed by atoms with Gasteiger partial charge in [-0.05, 0) is 31.5 Å². The van der Waals surface area contributed by atoms with Gasteiger partial charge in [0.15, 0.2) is 6.29 Å². The minimum atomic E-state index is -0.826. The number of nitrogens with zero attached hydrogens (tertiary/aromatic N) is 2. The van der Waals surface area contributed by atoms with Gasteiger partial charge >= 0.3 is 0 Å². The summed E-state index contributed by atoms with van der Waals surface area (Å²) in [6.45, 7) is 4.93. The smallest absolute Gasteiger partial charge is 0.151 e. The van der Waals surface area contributed by atoms with Gasteiger partial charge in [-0.15, -0.1) is 0 Å². The van der Waals surface area contributed by atoms with Gasteiger partial charge in [-0.1, -0.05) is 6.92 Å². The van der Waals surface area contributed by atoms with Crippen molar-refractivity contribution in [1.29, 1.82) is 0 Å².